The molecule has 0 bridgehead atoms. The highest BCUT2D eigenvalue weighted by Gasteiger charge is 2.04. The lowest BCUT2D eigenvalue weighted by Crippen LogP contribution is -2.29. The maximum atomic E-state index is 8.70. The molecule has 1 atom stereocenters. The van der Waals surface area contributed by atoms with Gasteiger partial charge in [-0.3, -0.25) is 0 Å². The molecular formula is C12H19N3S. The van der Waals surface area contributed by atoms with Crippen LogP contribution in [0.15, 0.2) is 11.4 Å². The van der Waals surface area contributed by atoms with E-state index in [1.165, 1.54) is 4.88 Å². The van der Waals surface area contributed by atoms with Crippen LogP contribution in [0.2, 0.25) is 0 Å². The van der Waals surface area contributed by atoms with Crippen LogP contribution in [-0.2, 0) is 6.54 Å². The molecule has 0 radical (unpaired) electrons. The van der Waals surface area contributed by atoms with Gasteiger partial charge in [0.2, 0.25) is 0 Å². The van der Waals surface area contributed by atoms with E-state index >= 15 is 0 Å². The highest BCUT2D eigenvalue weighted by atomic mass is 32.1. The molecule has 1 N–H and O–H groups in total. The van der Waals surface area contributed by atoms with Crippen LogP contribution in [0.5, 0.6) is 0 Å². The first-order valence-electron chi connectivity index (χ1n) is 5.47. The molecule has 16 heavy (non-hydrogen) atoms. The van der Waals surface area contributed by atoms with Gasteiger partial charge in [0.15, 0.2) is 0 Å². The van der Waals surface area contributed by atoms with Crippen LogP contribution in [0.25, 0.3) is 0 Å². The van der Waals surface area contributed by atoms with Crippen molar-refractivity contribution in [3.05, 3.63) is 21.9 Å². The minimum Gasteiger partial charge on any atom is -0.309 e. The quantitative estimate of drug-likeness (QED) is 0.823. The van der Waals surface area contributed by atoms with Gasteiger partial charge in [0, 0.05) is 22.8 Å². The minimum absolute atomic E-state index is 0.509. The topological polar surface area (TPSA) is 39.1 Å². The normalized spacial score (nSPS) is 12.7. The number of hydrogen-bond donors (Lipinski definition) is 1. The van der Waals surface area contributed by atoms with Crippen LogP contribution in [0.3, 0.4) is 0 Å². The Kier molecular flexibility index (Phi) is 5.47. The first kappa shape index (κ1) is 13.2. The number of hydrogen-bond acceptors (Lipinski definition) is 4. The van der Waals surface area contributed by atoms with Gasteiger partial charge in [-0.15, -0.1) is 11.3 Å². The van der Waals surface area contributed by atoms with Crippen molar-refractivity contribution in [2.75, 3.05) is 20.6 Å². The second-order valence-electron chi connectivity index (χ2n) is 4.29. The van der Waals surface area contributed by atoms with Gasteiger partial charge in [-0.1, -0.05) is 0 Å². The lowest BCUT2D eigenvalue weighted by atomic mass is 10.2. The molecular weight excluding hydrogens is 218 g/mol. The van der Waals surface area contributed by atoms with Gasteiger partial charge >= 0.3 is 0 Å². The van der Waals surface area contributed by atoms with E-state index in [0.29, 0.717) is 6.04 Å². The van der Waals surface area contributed by atoms with E-state index in [1.807, 2.05) is 11.4 Å². The lowest BCUT2D eigenvalue weighted by molar-refractivity contribution is 0.366. The summed E-state index contributed by atoms with van der Waals surface area (Å²) in [6.45, 7) is 4.16. The van der Waals surface area contributed by atoms with Gasteiger partial charge < -0.3 is 10.2 Å². The number of nitrogens with one attached hydrogen (secondary N) is 1. The molecule has 0 aliphatic rings. The third-order valence-electron chi connectivity index (χ3n) is 2.42. The first-order chi connectivity index (χ1) is 7.61. The van der Waals surface area contributed by atoms with E-state index < -0.39 is 0 Å². The lowest BCUT2D eigenvalue weighted by Gasteiger charge is -2.16. The SMILES string of the molecule is CC(CCN(C)C)NCc1cc(C#N)cs1. The average Bonchev–Trinajstić information content (AvgIpc) is 2.71. The van der Waals surface area contributed by atoms with Gasteiger partial charge in [-0.25, -0.2) is 0 Å². The summed E-state index contributed by atoms with van der Waals surface area (Å²) in [6, 6.07) is 4.62. The minimum atomic E-state index is 0.509. The van der Waals surface area contributed by atoms with E-state index in [4.69, 9.17) is 5.26 Å². The monoisotopic (exact) mass is 237 g/mol. The zero-order valence-corrected chi connectivity index (χ0v) is 11.0. The summed E-state index contributed by atoms with van der Waals surface area (Å²) < 4.78 is 0. The van der Waals surface area contributed by atoms with E-state index in [2.05, 4.69) is 37.3 Å². The zero-order valence-electron chi connectivity index (χ0n) is 10.2. The predicted molar refractivity (Wildman–Crippen MR) is 68.5 cm³/mol. The van der Waals surface area contributed by atoms with Crippen LogP contribution in [-0.4, -0.2) is 31.6 Å². The Bertz CT molecular complexity index is 351. The summed E-state index contributed by atoms with van der Waals surface area (Å²) >= 11 is 1.65. The Balaban J connectivity index is 2.26. The van der Waals surface area contributed by atoms with Gasteiger partial charge in [-0.05, 0) is 40.1 Å². The second-order valence-corrected chi connectivity index (χ2v) is 5.28. The second kappa shape index (κ2) is 6.64. The maximum absolute atomic E-state index is 8.70. The van der Waals surface area contributed by atoms with Crippen molar-refractivity contribution >= 4 is 11.3 Å². The average molecular weight is 237 g/mol. The molecule has 1 heterocycles. The third-order valence-corrected chi connectivity index (χ3v) is 3.35. The molecule has 0 aromatic carbocycles. The standard InChI is InChI=1S/C12H19N3S/c1-10(4-5-15(2)3)14-8-12-6-11(7-13)9-16-12/h6,9-10,14H,4-5,8H2,1-3H3. The van der Waals surface area contributed by atoms with E-state index in [0.717, 1.165) is 25.1 Å². The van der Waals surface area contributed by atoms with Crippen molar-refractivity contribution in [3.8, 4) is 6.07 Å². The summed E-state index contributed by atoms with van der Waals surface area (Å²) in [6.07, 6.45) is 1.14. The molecule has 0 saturated carbocycles. The summed E-state index contributed by atoms with van der Waals surface area (Å²) in [7, 11) is 4.18. The molecule has 0 amide bonds. The molecule has 1 aromatic rings. The first-order valence-corrected chi connectivity index (χ1v) is 6.35. The summed E-state index contributed by atoms with van der Waals surface area (Å²) in [5, 5.41) is 14.1. The molecule has 0 aliphatic carbocycles. The van der Waals surface area contributed by atoms with Crippen LogP contribution in [0.1, 0.15) is 23.8 Å². The van der Waals surface area contributed by atoms with Crippen LogP contribution >= 0.6 is 11.3 Å². The van der Waals surface area contributed by atoms with Crippen molar-refractivity contribution in [3.63, 3.8) is 0 Å². The molecule has 3 nitrogen and oxygen atoms in total. The van der Waals surface area contributed by atoms with E-state index in [-0.39, 0.29) is 0 Å². The van der Waals surface area contributed by atoms with Crippen LogP contribution in [0.4, 0.5) is 0 Å². The fraction of sp³-hybridized carbons (Fsp3) is 0.583. The fourth-order valence-corrected chi connectivity index (χ4v) is 2.12. The molecule has 1 rings (SSSR count). The Morgan fingerprint density at radius 2 is 2.31 bits per heavy atom. The maximum Gasteiger partial charge on any atom is 0.100 e. The highest BCUT2D eigenvalue weighted by Crippen LogP contribution is 2.13. The molecule has 4 heteroatoms. The summed E-state index contributed by atoms with van der Waals surface area (Å²) in [5.41, 5.74) is 0.766. The Morgan fingerprint density at radius 1 is 1.56 bits per heavy atom. The number of nitrogens with zero attached hydrogens (tertiary/aromatic N) is 2. The zero-order chi connectivity index (χ0) is 12.0. The van der Waals surface area contributed by atoms with Crippen molar-refractivity contribution < 1.29 is 0 Å². The molecule has 0 fully saturated rings. The largest absolute Gasteiger partial charge is 0.309 e. The molecule has 0 saturated heterocycles. The highest BCUT2D eigenvalue weighted by molar-refractivity contribution is 7.10. The molecule has 1 unspecified atom stereocenters. The predicted octanol–water partition coefficient (Wildman–Crippen LogP) is 2.05. The van der Waals surface area contributed by atoms with Crippen LogP contribution < -0.4 is 5.32 Å². The van der Waals surface area contributed by atoms with Gasteiger partial charge in [0.25, 0.3) is 0 Å². The van der Waals surface area contributed by atoms with Gasteiger partial charge in [0.05, 0.1) is 5.56 Å². The number of rotatable bonds is 6. The van der Waals surface area contributed by atoms with Gasteiger partial charge in [0.1, 0.15) is 6.07 Å². The summed E-state index contributed by atoms with van der Waals surface area (Å²) in [5.74, 6) is 0. The van der Waals surface area contributed by atoms with Crippen molar-refractivity contribution in [2.45, 2.75) is 25.9 Å². The van der Waals surface area contributed by atoms with Gasteiger partial charge in [-0.2, -0.15) is 5.26 Å². The van der Waals surface area contributed by atoms with Crippen molar-refractivity contribution in [1.29, 1.82) is 5.26 Å². The van der Waals surface area contributed by atoms with E-state index in [1.54, 1.807) is 11.3 Å². The Morgan fingerprint density at radius 3 is 2.88 bits per heavy atom. The molecule has 88 valence electrons. The summed E-state index contributed by atoms with van der Waals surface area (Å²) in [4.78, 5) is 3.42. The fourth-order valence-electron chi connectivity index (χ4n) is 1.36. The molecule has 1 aromatic heterocycles. The van der Waals surface area contributed by atoms with E-state index in [9.17, 15) is 0 Å². The Labute approximate surface area is 102 Å². The number of thiophene rings is 1. The Hall–Kier alpha value is -0.890. The number of nitriles is 1. The van der Waals surface area contributed by atoms with Crippen LogP contribution in [0, 0.1) is 11.3 Å². The molecule has 0 aliphatic heterocycles. The van der Waals surface area contributed by atoms with Crippen molar-refractivity contribution in [2.24, 2.45) is 0 Å². The van der Waals surface area contributed by atoms with Crippen molar-refractivity contribution in [1.82, 2.24) is 10.2 Å². The third kappa shape index (κ3) is 4.75. The smallest absolute Gasteiger partial charge is 0.100 e. The molecule has 0 spiro atoms.